The molecule has 0 saturated carbocycles. The van der Waals surface area contributed by atoms with Gasteiger partial charge in [-0.1, -0.05) is 0 Å². The Kier molecular flexibility index (Phi) is 18.1. The lowest BCUT2D eigenvalue weighted by molar-refractivity contribution is -0.149. The van der Waals surface area contributed by atoms with Crippen LogP contribution in [0.5, 0.6) is 0 Å². The van der Waals surface area contributed by atoms with Crippen LogP contribution in [0.4, 0.5) is 0 Å². The van der Waals surface area contributed by atoms with Gasteiger partial charge in [0.15, 0.2) is 0 Å². The van der Waals surface area contributed by atoms with Gasteiger partial charge in [-0.15, -0.1) is 0 Å². The molecule has 2 fully saturated rings. The molecule has 2 heterocycles. The van der Waals surface area contributed by atoms with Crippen LogP contribution in [0.15, 0.2) is 0 Å². The molecule has 0 aliphatic carbocycles. The second kappa shape index (κ2) is 21.5. The van der Waals surface area contributed by atoms with E-state index in [1.54, 1.807) is 0 Å². The van der Waals surface area contributed by atoms with E-state index in [-0.39, 0.29) is 44.3 Å². The third-order valence-electron chi connectivity index (χ3n) is 8.36. The molecule has 0 spiro atoms. The molecule has 16 nitrogen and oxygen atoms in total. The van der Waals surface area contributed by atoms with Crippen molar-refractivity contribution in [2.75, 3.05) is 39.3 Å². The van der Waals surface area contributed by atoms with E-state index in [4.69, 9.17) is 17.2 Å². The van der Waals surface area contributed by atoms with E-state index >= 15 is 0 Å². The Morgan fingerprint density at radius 3 is 1.80 bits per heavy atom. The molecule has 0 bridgehead atoms. The predicted octanol–water partition coefficient (Wildman–Crippen LogP) is -2.23. The zero-order valence-electron chi connectivity index (χ0n) is 26.9. The van der Waals surface area contributed by atoms with Crippen molar-refractivity contribution >= 4 is 35.5 Å². The highest BCUT2D eigenvalue weighted by Crippen LogP contribution is 2.20. The lowest BCUT2D eigenvalue weighted by atomic mass is 10.0. The Hall–Kier alpha value is -3.34. The topological polar surface area (TPSA) is 264 Å². The molecule has 2 aliphatic rings. The van der Waals surface area contributed by atoms with Crippen LogP contribution < -0.4 is 43.8 Å². The number of hydrogen-bond donors (Lipinski definition) is 9. The summed E-state index contributed by atoms with van der Waals surface area (Å²) in [6.45, 7) is 1.88. The predicted molar refractivity (Wildman–Crippen MR) is 171 cm³/mol. The van der Waals surface area contributed by atoms with Crippen molar-refractivity contribution in [3.05, 3.63) is 0 Å². The molecule has 2 aliphatic heterocycles. The number of nitrogens with one attached hydrogen (secondary N) is 5. The third-order valence-corrected chi connectivity index (χ3v) is 8.36. The number of aliphatic carboxylic acids is 1. The maximum Gasteiger partial charge on any atom is 0.326 e. The fourth-order valence-corrected chi connectivity index (χ4v) is 5.75. The molecule has 5 amide bonds. The summed E-state index contributed by atoms with van der Waals surface area (Å²) in [5.41, 5.74) is 16.9. The second-order valence-corrected chi connectivity index (χ2v) is 12.0. The van der Waals surface area contributed by atoms with Gasteiger partial charge in [0.2, 0.25) is 29.5 Å². The highest BCUT2D eigenvalue weighted by Gasteiger charge is 2.38. The molecule has 5 atom stereocenters. The van der Waals surface area contributed by atoms with Crippen LogP contribution in [0.1, 0.15) is 83.5 Å². The molecule has 0 aromatic carbocycles. The van der Waals surface area contributed by atoms with Crippen LogP contribution in [0.3, 0.4) is 0 Å². The minimum absolute atomic E-state index is 0.230. The normalized spacial score (nSPS) is 19.6. The molecule has 0 aromatic rings. The van der Waals surface area contributed by atoms with Gasteiger partial charge >= 0.3 is 5.97 Å². The van der Waals surface area contributed by atoms with Gasteiger partial charge in [-0.05, 0) is 110 Å². The Labute approximate surface area is 271 Å². The lowest BCUT2D eigenvalue weighted by Crippen LogP contribution is -2.58. The van der Waals surface area contributed by atoms with Crippen LogP contribution in [-0.2, 0) is 28.8 Å². The number of rotatable bonds is 22. The minimum atomic E-state index is -1.10. The number of unbranched alkanes of at least 4 members (excludes halogenated alkanes) is 3. The van der Waals surface area contributed by atoms with Crippen molar-refractivity contribution < 1.29 is 33.9 Å². The molecule has 2 rings (SSSR count). The molecule has 5 unspecified atom stereocenters. The summed E-state index contributed by atoms with van der Waals surface area (Å²) in [5, 5.41) is 23.5. The van der Waals surface area contributed by atoms with Gasteiger partial charge in [0, 0.05) is 6.54 Å². The average molecular weight is 654 g/mol. The van der Waals surface area contributed by atoms with Crippen LogP contribution in [-0.4, -0.2) is 115 Å². The Balaban J connectivity index is 2.14. The molecule has 2 saturated heterocycles. The third kappa shape index (κ3) is 13.2. The summed E-state index contributed by atoms with van der Waals surface area (Å²) in [5.74, 6) is -3.59. The van der Waals surface area contributed by atoms with Gasteiger partial charge in [0.25, 0.3) is 0 Å². The smallest absolute Gasteiger partial charge is 0.326 e. The lowest BCUT2D eigenvalue weighted by Gasteiger charge is -2.29. The Morgan fingerprint density at radius 2 is 1.28 bits per heavy atom. The fraction of sp³-hybridized carbons (Fsp3) is 0.800. The zero-order chi connectivity index (χ0) is 33.9. The molecule has 16 heteroatoms. The number of likely N-dealkylation sites (tertiary alicyclic amines) is 1. The highest BCUT2D eigenvalue weighted by molar-refractivity contribution is 5.95. The average Bonchev–Trinajstić information content (AvgIpc) is 3.75. The van der Waals surface area contributed by atoms with Crippen molar-refractivity contribution in [1.82, 2.24) is 31.5 Å². The number of amides is 5. The maximum absolute atomic E-state index is 13.6. The van der Waals surface area contributed by atoms with Crippen molar-refractivity contribution in [2.24, 2.45) is 17.2 Å². The summed E-state index contributed by atoms with van der Waals surface area (Å²) < 4.78 is 0. The van der Waals surface area contributed by atoms with Crippen molar-refractivity contribution in [2.45, 2.75) is 114 Å². The van der Waals surface area contributed by atoms with Gasteiger partial charge < -0.3 is 53.8 Å². The summed E-state index contributed by atoms with van der Waals surface area (Å²) in [6, 6.07) is -4.34. The van der Waals surface area contributed by atoms with Gasteiger partial charge in [0.05, 0.1) is 12.6 Å². The molecular weight excluding hydrogens is 598 g/mol. The van der Waals surface area contributed by atoms with Gasteiger partial charge in [-0.25, -0.2) is 4.79 Å². The molecule has 46 heavy (non-hydrogen) atoms. The van der Waals surface area contributed by atoms with E-state index in [1.165, 1.54) is 4.90 Å². The molecule has 12 N–H and O–H groups in total. The van der Waals surface area contributed by atoms with E-state index in [0.717, 1.165) is 13.0 Å². The van der Waals surface area contributed by atoms with E-state index in [1.807, 2.05) is 0 Å². The first-order valence-corrected chi connectivity index (χ1v) is 16.7. The maximum atomic E-state index is 13.6. The monoisotopic (exact) mass is 653 g/mol. The van der Waals surface area contributed by atoms with Gasteiger partial charge in [0.1, 0.15) is 24.2 Å². The molecule has 262 valence electrons. The van der Waals surface area contributed by atoms with Crippen molar-refractivity contribution in [3.8, 4) is 0 Å². The standard InChI is InChI=1S/C30H55N9O7/c31-14-4-1-9-21(36-25(40)19-35-26(41)20-12-7-17-34-20)27(42)37-22(10-2-5-15-32)28(43)38-23(11-3-6-16-33)29(44)39-18-8-13-24(39)30(45)46/h20-24,34H,1-19,31-33H2,(H,35,41)(H,36,40)(H,37,42)(H,38,43)(H,45,46). The van der Waals surface area contributed by atoms with E-state index in [0.29, 0.717) is 77.4 Å². The Bertz CT molecular complexity index is 1010. The number of hydrogen-bond acceptors (Lipinski definition) is 10. The van der Waals surface area contributed by atoms with Crippen LogP contribution in [0.25, 0.3) is 0 Å². The summed E-state index contributed by atoms with van der Waals surface area (Å²) in [7, 11) is 0. The SMILES string of the molecule is NCCCCC(NC(=O)CNC(=O)C1CCCN1)C(=O)NC(CCCCN)C(=O)NC(CCCCN)C(=O)N1CCCC1C(=O)O. The second-order valence-electron chi connectivity index (χ2n) is 12.0. The minimum Gasteiger partial charge on any atom is -0.480 e. The largest absolute Gasteiger partial charge is 0.480 e. The first-order valence-electron chi connectivity index (χ1n) is 16.7. The zero-order valence-corrected chi connectivity index (χ0v) is 26.9. The summed E-state index contributed by atoms with van der Waals surface area (Å²) >= 11 is 0. The molecule has 0 radical (unpaired) electrons. The van der Waals surface area contributed by atoms with Gasteiger partial charge in [-0.3, -0.25) is 24.0 Å². The number of carboxylic acid groups (broad SMARTS) is 1. The molecule has 0 aromatic heterocycles. The quantitative estimate of drug-likeness (QED) is 0.0565. The van der Waals surface area contributed by atoms with Crippen molar-refractivity contribution in [3.63, 3.8) is 0 Å². The first-order chi connectivity index (χ1) is 22.1. The Morgan fingerprint density at radius 1 is 0.739 bits per heavy atom. The van der Waals surface area contributed by atoms with Gasteiger partial charge in [-0.2, -0.15) is 0 Å². The number of carbonyl (C=O) groups is 6. The van der Waals surface area contributed by atoms with Crippen molar-refractivity contribution in [1.29, 1.82) is 0 Å². The van der Waals surface area contributed by atoms with E-state index < -0.39 is 53.8 Å². The molecular formula is C30H55N9O7. The summed E-state index contributed by atoms with van der Waals surface area (Å²) in [4.78, 5) is 78.7. The van der Waals surface area contributed by atoms with Crippen LogP contribution >= 0.6 is 0 Å². The summed E-state index contributed by atoms with van der Waals surface area (Å²) in [6.07, 6.45) is 6.59. The van der Waals surface area contributed by atoms with E-state index in [2.05, 4.69) is 26.6 Å². The number of nitrogens with zero attached hydrogens (tertiary/aromatic N) is 1. The number of carbonyl (C=O) groups excluding carboxylic acids is 5. The number of nitrogens with two attached hydrogens (primary N) is 3. The van der Waals surface area contributed by atoms with E-state index in [9.17, 15) is 33.9 Å². The number of carboxylic acids is 1. The fourth-order valence-electron chi connectivity index (χ4n) is 5.75. The van der Waals surface area contributed by atoms with Crippen LogP contribution in [0.2, 0.25) is 0 Å². The van der Waals surface area contributed by atoms with Crippen LogP contribution in [0, 0.1) is 0 Å². The first kappa shape index (κ1) is 38.8. The highest BCUT2D eigenvalue weighted by atomic mass is 16.4.